The lowest BCUT2D eigenvalue weighted by Gasteiger charge is -2.39. The lowest BCUT2D eigenvalue weighted by molar-refractivity contribution is 0.0895. The minimum absolute atomic E-state index is 0.0582. The number of carbonyl (C=O) groups is 1. The molecule has 1 aromatic carbocycles. The van der Waals surface area contributed by atoms with Crippen LogP contribution in [0.2, 0.25) is 0 Å². The number of hydrogen-bond acceptors (Lipinski definition) is 3. The van der Waals surface area contributed by atoms with E-state index >= 15 is 0 Å². The second-order valence-electron chi connectivity index (χ2n) is 7.96. The number of hydrogen-bond donors (Lipinski definition) is 2. The molecule has 1 amide bonds. The van der Waals surface area contributed by atoms with E-state index in [9.17, 15) is 9.18 Å². The van der Waals surface area contributed by atoms with Crippen molar-refractivity contribution in [2.45, 2.75) is 50.0 Å². The van der Waals surface area contributed by atoms with E-state index in [1.165, 1.54) is 12.8 Å². The summed E-state index contributed by atoms with van der Waals surface area (Å²) in [4.78, 5) is 14.6. The van der Waals surface area contributed by atoms with E-state index in [1.54, 1.807) is 24.4 Å². The summed E-state index contributed by atoms with van der Waals surface area (Å²) >= 11 is 0. The Morgan fingerprint density at radius 3 is 2.63 bits per heavy atom. The van der Waals surface area contributed by atoms with Gasteiger partial charge in [0.05, 0.1) is 0 Å². The summed E-state index contributed by atoms with van der Waals surface area (Å²) in [5.74, 6) is -0.161. The summed E-state index contributed by atoms with van der Waals surface area (Å²) in [7, 11) is 0. The number of rotatable bonds is 5. The molecule has 1 aromatic heterocycles. The summed E-state index contributed by atoms with van der Waals surface area (Å²) in [5, 5.41) is 9.62. The summed E-state index contributed by atoms with van der Waals surface area (Å²) < 4.78 is 14.5. The van der Waals surface area contributed by atoms with E-state index < -0.39 is 0 Å². The number of benzene rings is 1. The molecule has 5 nitrogen and oxygen atoms in total. The van der Waals surface area contributed by atoms with Crippen LogP contribution in [0.5, 0.6) is 0 Å². The van der Waals surface area contributed by atoms with E-state index in [2.05, 4.69) is 20.4 Å². The van der Waals surface area contributed by atoms with Crippen molar-refractivity contribution in [2.75, 3.05) is 19.6 Å². The Bertz CT molecular complexity index is 762. The molecule has 0 atom stereocenters. The molecular formula is C21H27FN4O. The number of amides is 1. The number of aromatic amines is 1. The Morgan fingerprint density at radius 1 is 1.22 bits per heavy atom. The number of H-pyrrole nitrogens is 1. The highest BCUT2D eigenvalue weighted by Gasteiger charge is 2.39. The highest BCUT2D eigenvalue weighted by atomic mass is 19.1. The standard InChI is InChI=1S/C21H27FN4O/c22-18-6-2-1-5-17(18)21(10-3-4-11-21)15-26-13-8-16(9-14-26)24-20(27)19-7-12-23-25-19/h1-2,5-7,12,16H,3-4,8-11,13-15H2,(H,23,25)(H,24,27). The number of carbonyl (C=O) groups excluding carboxylic acids is 1. The number of aromatic nitrogens is 2. The molecule has 2 fully saturated rings. The second kappa shape index (κ2) is 7.80. The van der Waals surface area contributed by atoms with Gasteiger partial charge in [-0.1, -0.05) is 31.0 Å². The number of nitrogens with zero attached hydrogens (tertiary/aromatic N) is 2. The van der Waals surface area contributed by atoms with Gasteiger partial charge in [-0.05, 0) is 43.4 Å². The number of nitrogens with one attached hydrogen (secondary N) is 2. The summed E-state index contributed by atoms with van der Waals surface area (Å²) in [5.41, 5.74) is 1.33. The molecule has 0 unspecified atom stereocenters. The van der Waals surface area contributed by atoms with Crippen molar-refractivity contribution >= 4 is 5.91 Å². The first-order valence-electron chi connectivity index (χ1n) is 9.94. The fourth-order valence-corrected chi connectivity index (χ4v) is 4.76. The van der Waals surface area contributed by atoms with Crippen LogP contribution in [0.3, 0.4) is 0 Å². The van der Waals surface area contributed by atoms with E-state index in [4.69, 9.17) is 0 Å². The first-order chi connectivity index (χ1) is 13.2. The molecule has 0 spiro atoms. The minimum atomic E-state index is -0.0930. The fourth-order valence-electron chi connectivity index (χ4n) is 4.76. The molecule has 144 valence electrons. The van der Waals surface area contributed by atoms with Gasteiger partial charge in [-0.2, -0.15) is 5.10 Å². The fraction of sp³-hybridized carbons (Fsp3) is 0.524. The minimum Gasteiger partial charge on any atom is -0.348 e. The average Bonchev–Trinajstić information content (AvgIpc) is 3.36. The highest BCUT2D eigenvalue weighted by Crippen LogP contribution is 2.43. The van der Waals surface area contributed by atoms with Gasteiger partial charge in [0.25, 0.3) is 5.91 Å². The molecular weight excluding hydrogens is 343 g/mol. The maximum absolute atomic E-state index is 14.5. The summed E-state index contributed by atoms with van der Waals surface area (Å²) in [6.45, 7) is 2.78. The lowest BCUT2D eigenvalue weighted by atomic mass is 9.77. The largest absolute Gasteiger partial charge is 0.348 e. The summed E-state index contributed by atoms with van der Waals surface area (Å²) in [6.07, 6.45) is 7.90. The zero-order valence-corrected chi connectivity index (χ0v) is 15.6. The SMILES string of the molecule is O=C(NC1CCN(CC2(c3ccccc3F)CCCC2)CC1)c1ccn[nH]1. The van der Waals surface area contributed by atoms with E-state index in [-0.39, 0.29) is 23.2 Å². The molecule has 6 heteroatoms. The van der Waals surface area contributed by atoms with Crippen molar-refractivity contribution in [3.05, 3.63) is 53.6 Å². The Labute approximate surface area is 159 Å². The first kappa shape index (κ1) is 18.2. The monoisotopic (exact) mass is 370 g/mol. The third-order valence-corrected chi connectivity index (χ3v) is 6.20. The highest BCUT2D eigenvalue weighted by molar-refractivity contribution is 5.92. The van der Waals surface area contributed by atoms with Crippen LogP contribution in [0.4, 0.5) is 4.39 Å². The van der Waals surface area contributed by atoms with Crippen LogP contribution in [-0.2, 0) is 5.41 Å². The molecule has 1 aliphatic carbocycles. The van der Waals surface area contributed by atoms with Gasteiger partial charge in [-0.15, -0.1) is 0 Å². The first-order valence-corrected chi connectivity index (χ1v) is 9.94. The van der Waals surface area contributed by atoms with Gasteiger partial charge in [0.15, 0.2) is 0 Å². The molecule has 2 N–H and O–H groups in total. The van der Waals surface area contributed by atoms with Crippen LogP contribution in [0.25, 0.3) is 0 Å². The van der Waals surface area contributed by atoms with Crippen molar-refractivity contribution in [3.8, 4) is 0 Å². The number of halogens is 1. The van der Waals surface area contributed by atoms with Crippen molar-refractivity contribution < 1.29 is 9.18 Å². The molecule has 1 saturated carbocycles. The molecule has 2 aliphatic rings. The smallest absolute Gasteiger partial charge is 0.269 e. The maximum atomic E-state index is 14.5. The molecule has 0 radical (unpaired) electrons. The quantitative estimate of drug-likeness (QED) is 0.849. The van der Waals surface area contributed by atoms with Crippen molar-refractivity contribution in [1.82, 2.24) is 20.4 Å². The van der Waals surface area contributed by atoms with Gasteiger partial charge in [-0.25, -0.2) is 4.39 Å². The normalized spacial score (nSPS) is 20.6. The topological polar surface area (TPSA) is 61.0 Å². The predicted molar refractivity (Wildman–Crippen MR) is 102 cm³/mol. The number of piperidine rings is 1. The molecule has 2 aromatic rings. The van der Waals surface area contributed by atoms with Gasteiger partial charge in [-0.3, -0.25) is 9.89 Å². The Kier molecular flexibility index (Phi) is 5.25. The van der Waals surface area contributed by atoms with Gasteiger partial charge < -0.3 is 10.2 Å². The van der Waals surface area contributed by atoms with Crippen molar-refractivity contribution in [3.63, 3.8) is 0 Å². The van der Waals surface area contributed by atoms with E-state index in [0.29, 0.717) is 5.69 Å². The molecule has 1 aliphatic heterocycles. The summed E-state index contributed by atoms with van der Waals surface area (Å²) in [6, 6.07) is 9.16. The van der Waals surface area contributed by atoms with E-state index in [0.717, 1.165) is 50.9 Å². The van der Waals surface area contributed by atoms with Crippen LogP contribution in [0.1, 0.15) is 54.6 Å². The van der Waals surface area contributed by atoms with Crippen LogP contribution < -0.4 is 5.32 Å². The van der Waals surface area contributed by atoms with Crippen LogP contribution in [0.15, 0.2) is 36.5 Å². The van der Waals surface area contributed by atoms with Gasteiger partial charge in [0.1, 0.15) is 11.5 Å². The van der Waals surface area contributed by atoms with Crippen LogP contribution in [-0.4, -0.2) is 46.7 Å². The van der Waals surface area contributed by atoms with Gasteiger partial charge in [0.2, 0.25) is 0 Å². The Balaban J connectivity index is 1.36. The molecule has 1 saturated heterocycles. The second-order valence-corrected chi connectivity index (χ2v) is 7.96. The van der Waals surface area contributed by atoms with E-state index in [1.807, 2.05) is 12.1 Å². The lowest BCUT2D eigenvalue weighted by Crippen LogP contribution is -2.48. The van der Waals surface area contributed by atoms with Crippen molar-refractivity contribution in [1.29, 1.82) is 0 Å². The third-order valence-electron chi connectivity index (χ3n) is 6.20. The van der Waals surface area contributed by atoms with Crippen LogP contribution in [0, 0.1) is 5.82 Å². The van der Waals surface area contributed by atoms with Crippen LogP contribution >= 0.6 is 0 Å². The Hall–Kier alpha value is -2.21. The average molecular weight is 370 g/mol. The molecule has 2 heterocycles. The predicted octanol–water partition coefficient (Wildman–Crippen LogP) is 3.26. The molecule has 27 heavy (non-hydrogen) atoms. The third kappa shape index (κ3) is 3.90. The zero-order valence-electron chi connectivity index (χ0n) is 15.6. The molecule has 0 bridgehead atoms. The maximum Gasteiger partial charge on any atom is 0.269 e. The Morgan fingerprint density at radius 2 is 1.96 bits per heavy atom. The zero-order chi connectivity index (χ0) is 18.7. The molecule has 4 rings (SSSR count). The number of likely N-dealkylation sites (tertiary alicyclic amines) is 1. The van der Waals surface area contributed by atoms with Gasteiger partial charge in [0, 0.05) is 37.3 Å². The van der Waals surface area contributed by atoms with Crippen molar-refractivity contribution in [2.24, 2.45) is 0 Å². The van der Waals surface area contributed by atoms with Gasteiger partial charge >= 0.3 is 0 Å².